The van der Waals surface area contributed by atoms with Crippen LogP contribution in [0.15, 0.2) is 22.8 Å². The normalized spacial score (nSPS) is 18.3. The third-order valence-electron chi connectivity index (χ3n) is 2.62. The van der Waals surface area contributed by atoms with E-state index in [1.54, 1.807) is 17.0 Å². The maximum absolute atomic E-state index is 12.9. The molecule has 0 unspecified atom stereocenters. The minimum atomic E-state index is -2.41. The maximum atomic E-state index is 12.9. The predicted octanol–water partition coefficient (Wildman–Crippen LogP) is 2.33. The summed E-state index contributed by atoms with van der Waals surface area (Å²) in [6.07, 6.45) is -0.971. The first-order valence-electron chi connectivity index (χ1n) is 5.05. The third kappa shape index (κ3) is 4.10. The van der Waals surface area contributed by atoms with Gasteiger partial charge in [-0.15, -0.1) is 24.8 Å². The van der Waals surface area contributed by atoms with Crippen molar-refractivity contribution in [3.63, 3.8) is 0 Å². The second-order valence-electron chi connectivity index (χ2n) is 3.58. The van der Waals surface area contributed by atoms with E-state index in [-0.39, 0.29) is 24.8 Å². The standard InChI is InChI=1S/C10H14F2N2O.2ClH/c11-10(12)9(8-2-1-7-15-8)14-5-3-13-4-6-14;;/h1-2,7,9-10,13H,3-6H2;2*1H/t9-;;/m0../s1. The number of hydrogen-bond acceptors (Lipinski definition) is 3. The molecule has 0 radical (unpaired) electrons. The van der Waals surface area contributed by atoms with Crippen LogP contribution in [0, 0.1) is 0 Å². The van der Waals surface area contributed by atoms with Gasteiger partial charge in [-0.3, -0.25) is 4.90 Å². The lowest BCUT2D eigenvalue weighted by atomic mass is 10.1. The van der Waals surface area contributed by atoms with Gasteiger partial charge in [-0.25, -0.2) is 8.78 Å². The van der Waals surface area contributed by atoms with Crippen LogP contribution in [0.4, 0.5) is 8.78 Å². The van der Waals surface area contributed by atoms with Crippen LogP contribution >= 0.6 is 24.8 Å². The molecule has 0 saturated carbocycles. The molecule has 100 valence electrons. The van der Waals surface area contributed by atoms with Crippen molar-refractivity contribution < 1.29 is 13.2 Å². The van der Waals surface area contributed by atoms with Crippen molar-refractivity contribution >= 4 is 24.8 Å². The van der Waals surface area contributed by atoms with Gasteiger partial charge in [0.2, 0.25) is 0 Å². The highest BCUT2D eigenvalue weighted by Crippen LogP contribution is 2.27. The van der Waals surface area contributed by atoms with Crippen molar-refractivity contribution in [3.8, 4) is 0 Å². The summed E-state index contributed by atoms with van der Waals surface area (Å²) in [6.45, 7) is 2.78. The molecular weight excluding hydrogens is 273 g/mol. The van der Waals surface area contributed by atoms with Crippen molar-refractivity contribution in [1.29, 1.82) is 0 Å². The number of nitrogens with zero attached hydrogens (tertiary/aromatic N) is 1. The van der Waals surface area contributed by atoms with Crippen molar-refractivity contribution in [2.24, 2.45) is 0 Å². The number of alkyl halides is 2. The smallest absolute Gasteiger partial charge is 0.261 e. The average Bonchev–Trinajstić information content (AvgIpc) is 2.72. The zero-order chi connectivity index (χ0) is 10.7. The summed E-state index contributed by atoms with van der Waals surface area (Å²) in [6, 6.07) is 2.35. The number of halogens is 4. The third-order valence-corrected chi connectivity index (χ3v) is 2.62. The average molecular weight is 289 g/mol. The van der Waals surface area contributed by atoms with Gasteiger partial charge >= 0.3 is 0 Å². The van der Waals surface area contributed by atoms with Gasteiger partial charge in [0.05, 0.1) is 6.26 Å². The predicted molar refractivity (Wildman–Crippen MR) is 66.4 cm³/mol. The highest BCUT2D eigenvalue weighted by molar-refractivity contribution is 5.85. The SMILES string of the molecule is Cl.Cl.FC(F)[C@H](c1ccco1)N1CCNCC1. The Morgan fingerprint density at radius 3 is 2.35 bits per heavy atom. The van der Waals surface area contributed by atoms with Gasteiger partial charge in [0.1, 0.15) is 11.8 Å². The van der Waals surface area contributed by atoms with Gasteiger partial charge in [0, 0.05) is 26.2 Å². The Bertz CT molecular complexity index is 293. The molecule has 1 aliphatic rings. The fourth-order valence-electron chi connectivity index (χ4n) is 1.88. The van der Waals surface area contributed by atoms with E-state index < -0.39 is 12.5 Å². The van der Waals surface area contributed by atoms with Crippen LogP contribution in [0.5, 0.6) is 0 Å². The van der Waals surface area contributed by atoms with Crippen molar-refractivity contribution in [3.05, 3.63) is 24.2 Å². The highest BCUT2D eigenvalue weighted by Gasteiger charge is 2.31. The summed E-state index contributed by atoms with van der Waals surface area (Å²) < 4.78 is 30.9. The molecule has 2 heterocycles. The van der Waals surface area contributed by atoms with Gasteiger partial charge in [-0.1, -0.05) is 0 Å². The van der Waals surface area contributed by atoms with Crippen molar-refractivity contribution in [2.45, 2.75) is 12.5 Å². The second-order valence-corrected chi connectivity index (χ2v) is 3.58. The van der Waals surface area contributed by atoms with Crippen molar-refractivity contribution in [1.82, 2.24) is 10.2 Å². The van der Waals surface area contributed by atoms with Crippen LogP contribution in [-0.4, -0.2) is 37.5 Å². The lowest BCUT2D eigenvalue weighted by molar-refractivity contribution is 0.00750. The van der Waals surface area contributed by atoms with E-state index in [4.69, 9.17) is 4.42 Å². The van der Waals surface area contributed by atoms with Gasteiger partial charge in [-0.2, -0.15) is 0 Å². The van der Waals surface area contributed by atoms with Crippen LogP contribution in [0.2, 0.25) is 0 Å². The number of furan rings is 1. The first-order valence-corrected chi connectivity index (χ1v) is 5.05. The summed E-state index contributed by atoms with van der Waals surface area (Å²) in [5, 5.41) is 3.14. The van der Waals surface area contributed by atoms with Gasteiger partial charge in [-0.05, 0) is 12.1 Å². The molecule has 1 saturated heterocycles. The van der Waals surface area contributed by atoms with Crippen LogP contribution in [0.3, 0.4) is 0 Å². The largest absolute Gasteiger partial charge is 0.467 e. The Hall–Kier alpha value is -0.360. The molecular formula is C10H16Cl2F2N2O. The molecule has 0 bridgehead atoms. The van der Waals surface area contributed by atoms with E-state index in [1.165, 1.54) is 6.26 Å². The Kier molecular flexibility index (Phi) is 7.70. The molecule has 0 spiro atoms. The first-order chi connectivity index (χ1) is 7.29. The fraction of sp³-hybridized carbons (Fsp3) is 0.600. The minimum absolute atomic E-state index is 0. The molecule has 3 nitrogen and oxygen atoms in total. The summed E-state index contributed by atoms with van der Waals surface area (Å²) in [5.74, 6) is 0.354. The number of piperazine rings is 1. The van der Waals surface area contributed by atoms with Crippen LogP contribution in [0.25, 0.3) is 0 Å². The monoisotopic (exact) mass is 288 g/mol. The molecule has 0 amide bonds. The van der Waals surface area contributed by atoms with E-state index in [2.05, 4.69) is 5.32 Å². The summed E-state index contributed by atoms with van der Waals surface area (Å²) in [4.78, 5) is 1.76. The Balaban J connectivity index is 0.00000128. The van der Waals surface area contributed by atoms with Crippen molar-refractivity contribution in [2.75, 3.05) is 26.2 Å². The Morgan fingerprint density at radius 1 is 1.24 bits per heavy atom. The minimum Gasteiger partial charge on any atom is -0.467 e. The molecule has 1 N–H and O–H groups in total. The summed E-state index contributed by atoms with van der Waals surface area (Å²) >= 11 is 0. The number of rotatable bonds is 3. The fourth-order valence-corrected chi connectivity index (χ4v) is 1.88. The van der Waals surface area contributed by atoms with Gasteiger partial charge in [0.15, 0.2) is 0 Å². The molecule has 1 fully saturated rings. The van der Waals surface area contributed by atoms with Gasteiger partial charge < -0.3 is 9.73 Å². The van der Waals surface area contributed by atoms with Crippen LogP contribution in [0.1, 0.15) is 11.8 Å². The lowest BCUT2D eigenvalue weighted by Gasteiger charge is -2.33. The molecule has 0 aliphatic carbocycles. The first kappa shape index (κ1) is 16.6. The van der Waals surface area contributed by atoms with E-state index in [0.29, 0.717) is 18.8 Å². The molecule has 1 aromatic rings. The van der Waals surface area contributed by atoms with E-state index in [9.17, 15) is 8.78 Å². The second kappa shape index (κ2) is 7.87. The molecule has 1 aromatic heterocycles. The van der Waals surface area contributed by atoms with E-state index >= 15 is 0 Å². The maximum Gasteiger partial charge on any atom is 0.261 e. The molecule has 17 heavy (non-hydrogen) atoms. The molecule has 1 aliphatic heterocycles. The molecule has 1 atom stereocenters. The molecule has 2 rings (SSSR count). The lowest BCUT2D eigenvalue weighted by Crippen LogP contribution is -2.46. The molecule has 7 heteroatoms. The number of nitrogens with one attached hydrogen (secondary N) is 1. The summed E-state index contributed by atoms with van der Waals surface area (Å²) in [5.41, 5.74) is 0. The zero-order valence-electron chi connectivity index (χ0n) is 9.14. The quantitative estimate of drug-likeness (QED) is 0.925. The molecule has 0 aromatic carbocycles. The van der Waals surface area contributed by atoms with E-state index in [0.717, 1.165) is 13.1 Å². The Labute approximate surface area is 111 Å². The Morgan fingerprint density at radius 2 is 1.88 bits per heavy atom. The van der Waals surface area contributed by atoms with Gasteiger partial charge in [0.25, 0.3) is 6.43 Å². The summed E-state index contributed by atoms with van der Waals surface area (Å²) in [7, 11) is 0. The zero-order valence-corrected chi connectivity index (χ0v) is 10.8. The van der Waals surface area contributed by atoms with Crippen LogP contribution < -0.4 is 5.32 Å². The number of hydrogen-bond donors (Lipinski definition) is 1. The van der Waals surface area contributed by atoms with E-state index in [1.807, 2.05) is 0 Å². The van der Waals surface area contributed by atoms with Crippen LogP contribution in [-0.2, 0) is 0 Å². The topological polar surface area (TPSA) is 28.4 Å². The highest BCUT2D eigenvalue weighted by atomic mass is 35.5.